The lowest BCUT2D eigenvalue weighted by molar-refractivity contribution is -0.137. The Balaban J connectivity index is 1.58. The summed E-state index contributed by atoms with van der Waals surface area (Å²) < 4.78 is 39.6. The van der Waals surface area contributed by atoms with Crippen LogP contribution in [0.1, 0.15) is 16.8 Å². The summed E-state index contributed by atoms with van der Waals surface area (Å²) in [6, 6.07) is 8.05. The summed E-state index contributed by atoms with van der Waals surface area (Å²) in [4.78, 5) is 16.3. The number of nitrogens with one attached hydrogen (secondary N) is 2. The molecule has 0 saturated carbocycles. The molecule has 0 spiro atoms. The number of hydrazone groups is 1. The SMILES string of the molecule is O=C(Cc1csc(Nc2cccc(C(F)(F)F)c2)n1)N/N=C\c1cc(Br)cc(Br)c1O. The monoisotopic (exact) mass is 576 g/mol. The van der Waals surface area contributed by atoms with Crippen LogP contribution in [-0.4, -0.2) is 22.2 Å². The zero-order valence-corrected chi connectivity index (χ0v) is 19.4. The predicted octanol–water partition coefficient (Wildman–Crippen LogP) is 5.83. The molecule has 0 saturated heterocycles. The van der Waals surface area contributed by atoms with Crippen molar-refractivity contribution in [3.05, 3.63) is 67.5 Å². The molecule has 1 aromatic heterocycles. The highest BCUT2D eigenvalue weighted by Gasteiger charge is 2.30. The molecule has 2 aromatic carbocycles. The number of phenols is 1. The van der Waals surface area contributed by atoms with Gasteiger partial charge >= 0.3 is 6.18 Å². The number of rotatable bonds is 6. The summed E-state index contributed by atoms with van der Waals surface area (Å²) in [5.74, 6) is -0.466. The largest absolute Gasteiger partial charge is 0.506 e. The Bertz CT molecular complexity index is 1140. The topological polar surface area (TPSA) is 86.6 Å². The van der Waals surface area contributed by atoms with Gasteiger partial charge in [-0.15, -0.1) is 11.3 Å². The van der Waals surface area contributed by atoms with Crippen molar-refractivity contribution >= 4 is 66.1 Å². The van der Waals surface area contributed by atoms with Crippen molar-refractivity contribution < 1.29 is 23.1 Å². The Hall–Kier alpha value is -2.44. The molecule has 3 aromatic rings. The van der Waals surface area contributed by atoms with Gasteiger partial charge in [0.25, 0.3) is 0 Å². The van der Waals surface area contributed by atoms with E-state index >= 15 is 0 Å². The minimum absolute atomic E-state index is 0.0222. The number of carbonyl (C=O) groups excluding carboxylic acids is 1. The fourth-order valence-electron chi connectivity index (χ4n) is 2.40. The van der Waals surface area contributed by atoms with Gasteiger partial charge in [-0.1, -0.05) is 22.0 Å². The number of aromatic nitrogens is 1. The highest BCUT2D eigenvalue weighted by Crippen LogP contribution is 2.32. The van der Waals surface area contributed by atoms with Crippen LogP contribution in [0.5, 0.6) is 5.75 Å². The fourth-order valence-corrected chi connectivity index (χ4v) is 4.39. The standard InChI is InChI=1S/C19H13Br2F3N4O2S/c20-12-4-10(17(30)15(21)6-12)8-25-28-16(29)7-14-9-31-18(27-14)26-13-3-1-2-11(5-13)19(22,23)24/h1-6,8-9,30H,7H2,(H,26,27)(H,28,29)/b25-8-. The van der Waals surface area contributed by atoms with Crippen molar-refractivity contribution in [3.8, 4) is 5.75 Å². The van der Waals surface area contributed by atoms with Gasteiger partial charge < -0.3 is 10.4 Å². The van der Waals surface area contributed by atoms with Gasteiger partial charge in [-0.25, -0.2) is 10.4 Å². The number of anilines is 2. The summed E-state index contributed by atoms with van der Waals surface area (Å²) >= 11 is 7.66. The molecule has 0 aliphatic heterocycles. The van der Waals surface area contributed by atoms with Gasteiger partial charge in [-0.05, 0) is 46.3 Å². The van der Waals surface area contributed by atoms with Crippen molar-refractivity contribution in [2.24, 2.45) is 5.10 Å². The van der Waals surface area contributed by atoms with E-state index in [0.29, 0.717) is 25.3 Å². The fraction of sp³-hybridized carbons (Fsp3) is 0.105. The second-order valence-corrected chi connectivity index (χ2v) is 8.77. The molecular formula is C19H13Br2F3N4O2S. The molecule has 0 bridgehead atoms. The maximum Gasteiger partial charge on any atom is 0.416 e. The van der Waals surface area contributed by atoms with Crippen molar-refractivity contribution in [1.82, 2.24) is 10.4 Å². The van der Waals surface area contributed by atoms with Crippen molar-refractivity contribution in [2.75, 3.05) is 5.32 Å². The van der Waals surface area contributed by atoms with E-state index in [-0.39, 0.29) is 17.9 Å². The van der Waals surface area contributed by atoms with E-state index < -0.39 is 17.6 Å². The third kappa shape index (κ3) is 6.52. The van der Waals surface area contributed by atoms with Crippen LogP contribution in [0.2, 0.25) is 0 Å². The van der Waals surface area contributed by atoms with Crippen molar-refractivity contribution in [3.63, 3.8) is 0 Å². The van der Waals surface area contributed by atoms with Gasteiger partial charge in [-0.2, -0.15) is 18.3 Å². The number of hydrogen-bond donors (Lipinski definition) is 3. The zero-order valence-electron chi connectivity index (χ0n) is 15.4. The Morgan fingerprint density at radius 1 is 1.26 bits per heavy atom. The molecule has 6 nitrogen and oxygen atoms in total. The summed E-state index contributed by atoms with van der Waals surface area (Å²) in [7, 11) is 0. The van der Waals surface area contributed by atoms with Crippen molar-refractivity contribution in [2.45, 2.75) is 12.6 Å². The normalized spacial score (nSPS) is 11.6. The number of carbonyl (C=O) groups is 1. The van der Waals surface area contributed by atoms with Crippen LogP contribution in [0.4, 0.5) is 24.0 Å². The summed E-state index contributed by atoms with van der Waals surface area (Å²) in [5, 5.41) is 18.6. The first-order chi connectivity index (χ1) is 14.6. The highest BCUT2D eigenvalue weighted by molar-refractivity contribution is 9.11. The third-order valence-electron chi connectivity index (χ3n) is 3.79. The van der Waals surface area contributed by atoms with E-state index in [1.54, 1.807) is 17.5 Å². The maximum absolute atomic E-state index is 12.8. The molecule has 1 amide bonds. The molecule has 31 heavy (non-hydrogen) atoms. The third-order valence-corrected chi connectivity index (χ3v) is 5.65. The lowest BCUT2D eigenvalue weighted by Gasteiger charge is -2.08. The maximum atomic E-state index is 12.8. The molecule has 0 aliphatic carbocycles. The molecule has 0 radical (unpaired) electrons. The summed E-state index contributed by atoms with van der Waals surface area (Å²) in [5.41, 5.74) is 2.63. The Morgan fingerprint density at radius 3 is 2.77 bits per heavy atom. The number of benzene rings is 2. The summed E-state index contributed by atoms with van der Waals surface area (Å²) in [6.45, 7) is 0. The zero-order chi connectivity index (χ0) is 22.6. The van der Waals surface area contributed by atoms with Crippen LogP contribution in [0, 0.1) is 0 Å². The van der Waals surface area contributed by atoms with Gasteiger partial charge in [0.1, 0.15) is 5.75 Å². The average Bonchev–Trinajstić information content (AvgIpc) is 3.11. The van der Waals surface area contributed by atoms with Crippen LogP contribution in [0.15, 0.2) is 55.8 Å². The van der Waals surface area contributed by atoms with E-state index in [2.05, 4.69) is 52.7 Å². The average molecular weight is 578 g/mol. The van der Waals surface area contributed by atoms with Crippen LogP contribution >= 0.6 is 43.2 Å². The first-order valence-corrected chi connectivity index (χ1v) is 11.0. The Morgan fingerprint density at radius 2 is 2.03 bits per heavy atom. The number of hydrogen-bond acceptors (Lipinski definition) is 6. The van der Waals surface area contributed by atoms with Crippen LogP contribution in [0.25, 0.3) is 0 Å². The number of phenolic OH excluding ortho intramolecular Hbond substituents is 1. The quantitative estimate of drug-likeness (QED) is 0.254. The lowest BCUT2D eigenvalue weighted by Crippen LogP contribution is -2.20. The van der Waals surface area contributed by atoms with Gasteiger partial charge in [-0.3, -0.25) is 4.79 Å². The first-order valence-electron chi connectivity index (χ1n) is 8.50. The first kappa shape index (κ1) is 23.2. The number of halogens is 5. The second-order valence-electron chi connectivity index (χ2n) is 6.14. The number of alkyl halides is 3. The van der Waals surface area contributed by atoms with Gasteiger partial charge in [0.15, 0.2) is 5.13 Å². The molecule has 0 unspecified atom stereocenters. The lowest BCUT2D eigenvalue weighted by atomic mass is 10.2. The van der Waals surface area contributed by atoms with Gasteiger partial charge in [0, 0.05) is 21.1 Å². The van der Waals surface area contributed by atoms with Crippen LogP contribution in [-0.2, 0) is 17.4 Å². The molecule has 1 heterocycles. The molecule has 0 aliphatic rings. The minimum Gasteiger partial charge on any atom is -0.506 e. The number of aromatic hydroxyl groups is 1. The molecule has 3 rings (SSSR count). The van der Waals surface area contributed by atoms with Crippen LogP contribution in [0.3, 0.4) is 0 Å². The van der Waals surface area contributed by atoms with Crippen molar-refractivity contribution in [1.29, 1.82) is 0 Å². The second kappa shape index (κ2) is 9.79. The molecule has 162 valence electrons. The van der Waals surface area contributed by atoms with E-state index in [1.165, 1.54) is 18.3 Å². The number of amides is 1. The van der Waals surface area contributed by atoms with Gasteiger partial charge in [0.2, 0.25) is 5.91 Å². The Kier molecular flexibility index (Phi) is 7.34. The molecule has 0 fully saturated rings. The molecule has 0 atom stereocenters. The van der Waals surface area contributed by atoms with Crippen LogP contribution < -0.4 is 10.7 Å². The molecular weight excluding hydrogens is 565 g/mol. The molecule has 3 N–H and O–H groups in total. The van der Waals surface area contributed by atoms with Gasteiger partial charge in [0.05, 0.1) is 28.4 Å². The highest BCUT2D eigenvalue weighted by atomic mass is 79.9. The van der Waals surface area contributed by atoms with E-state index in [9.17, 15) is 23.1 Å². The summed E-state index contributed by atoms with van der Waals surface area (Å²) in [6.07, 6.45) is -3.22. The van der Waals surface area contributed by atoms with E-state index in [1.807, 2.05) is 0 Å². The number of nitrogens with zero attached hydrogens (tertiary/aromatic N) is 2. The smallest absolute Gasteiger partial charge is 0.416 e. The molecule has 12 heteroatoms. The van der Waals surface area contributed by atoms with E-state index in [0.717, 1.165) is 23.5 Å². The van der Waals surface area contributed by atoms with E-state index in [4.69, 9.17) is 0 Å². The predicted molar refractivity (Wildman–Crippen MR) is 120 cm³/mol. The Labute approximate surface area is 195 Å². The minimum atomic E-state index is -4.44. The number of thiazole rings is 1.